The Labute approximate surface area is 208 Å². The van der Waals surface area contributed by atoms with Crippen LogP contribution < -0.4 is 4.90 Å². The molecule has 182 valence electrons. The van der Waals surface area contributed by atoms with Crippen molar-refractivity contribution in [2.75, 3.05) is 57.3 Å². The predicted octanol–water partition coefficient (Wildman–Crippen LogP) is 6.01. The van der Waals surface area contributed by atoms with Crippen LogP contribution in [-0.4, -0.2) is 62.2 Å². The monoisotopic (exact) mass is 479 g/mol. The van der Waals surface area contributed by atoms with Crippen LogP contribution in [0.15, 0.2) is 28.4 Å². The lowest BCUT2D eigenvalue weighted by molar-refractivity contribution is 0.294. The van der Waals surface area contributed by atoms with Crippen LogP contribution in [0.5, 0.6) is 0 Å². The Kier molecular flexibility index (Phi) is 11.2. The minimum Gasteiger partial charge on any atom is -0.369 e. The Morgan fingerprint density at radius 2 is 1.41 bits per heavy atom. The molecule has 0 saturated heterocycles. The topological polar surface area (TPSA) is 82.0 Å². The number of benzene rings is 1. The van der Waals surface area contributed by atoms with Crippen molar-refractivity contribution < 1.29 is 0 Å². The minimum atomic E-state index is 0.429. The summed E-state index contributed by atoms with van der Waals surface area (Å²) in [6.07, 6.45) is 0. The summed E-state index contributed by atoms with van der Waals surface area (Å²) in [5.41, 5.74) is 4.09. The molecule has 0 atom stereocenters. The fourth-order valence-electron chi connectivity index (χ4n) is 3.83. The van der Waals surface area contributed by atoms with Crippen LogP contribution >= 0.6 is 11.3 Å². The third kappa shape index (κ3) is 7.11. The molecular weight excluding hydrogens is 442 g/mol. The molecule has 7 nitrogen and oxygen atoms in total. The zero-order chi connectivity index (χ0) is 25.1. The summed E-state index contributed by atoms with van der Waals surface area (Å²) >= 11 is 1.21. The van der Waals surface area contributed by atoms with Gasteiger partial charge in [0.25, 0.3) is 0 Å². The molecule has 34 heavy (non-hydrogen) atoms. The highest BCUT2D eigenvalue weighted by atomic mass is 32.1. The largest absolute Gasteiger partial charge is 0.369 e. The number of azo groups is 1. The van der Waals surface area contributed by atoms with E-state index in [1.54, 1.807) is 6.92 Å². The summed E-state index contributed by atoms with van der Waals surface area (Å²) < 4.78 is 0. The van der Waals surface area contributed by atoms with Crippen LogP contribution in [0.2, 0.25) is 0 Å². The molecule has 0 N–H and O–H groups in total. The van der Waals surface area contributed by atoms with Crippen molar-refractivity contribution in [2.45, 2.75) is 41.5 Å². The van der Waals surface area contributed by atoms with E-state index in [1.165, 1.54) is 17.0 Å². The summed E-state index contributed by atoms with van der Waals surface area (Å²) in [4.78, 5) is 7.87. The fourth-order valence-corrected chi connectivity index (χ4v) is 4.71. The van der Waals surface area contributed by atoms with Gasteiger partial charge in [-0.3, -0.25) is 0 Å². The van der Waals surface area contributed by atoms with Crippen LogP contribution in [0.4, 0.5) is 16.4 Å². The van der Waals surface area contributed by atoms with Gasteiger partial charge in [0.1, 0.15) is 17.0 Å². The quantitative estimate of drug-likeness (QED) is 0.328. The van der Waals surface area contributed by atoms with Gasteiger partial charge in [-0.05, 0) is 69.4 Å². The first-order valence-corrected chi connectivity index (χ1v) is 12.9. The highest BCUT2D eigenvalue weighted by molar-refractivity contribution is 7.16. The molecule has 0 aliphatic carbocycles. The lowest BCUT2D eigenvalue weighted by Crippen LogP contribution is -2.40. The molecule has 0 radical (unpaired) electrons. The maximum absolute atomic E-state index is 9.44. The second kappa shape index (κ2) is 13.8. The number of hydrogen-bond acceptors (Lipinski definition) is 8. The molecule has 0 unspecified atom stereocenters. The molecule has 0 bridgehead atoms. The van der Waals surface area contributed by atoms with Gasteiger partial charge < -0.3 is 14.7 Å². The van der Waals surface area contributed by atoms with Crippen LogP contribution in [0.3, 0.4) is 0 Å². The summed E-state index contributed by atoms with van der Waals surface area (Å²) in [6, 6.07) is 10.6. The molecule has 8 heteroatoms. The zero-order valence-electron chi connectivity index (χ0n) is 21.4. The molecule has 0 aliphatic heterocycles. The second-order valence-corrected chi connectivity index (χ2v) is 9.17. The van der Waals surface area contributed by atoms with Crippen LogP contribution in [-0.2, 0) is 0 Å². The zero-order valence-corrected chi connectivity index (χ0v) is 22.2. The first-order chi connectivity index (χ1) is 16.4. The summed E-state index contributed by atoms with van der Waals surface area (Å²) in [5.74, 6) is 0. The molecule has 0 saturated carbocycles. The summed E-state index contributed by atoms with van der Waals surface area (Å²) in [5, 5.41) is 27.9. The Bertz CT molecular complexity index is 1020. The van der Waals surface area contributed by atoms with Gasteiger partial charge in [-0.25, -0.2) is 0 Å². The number of nitrogens with zero attached hydrogens (tertiary/aromatic N) is 7. The van der Waals surface area contributed by atoms with Gasteiger partial charge in [-0.2, -0.15) is 10.5 Å². The van der Waals surface area contributed by atoms with E-state index in [9.17, 15) is 10.5 Å². The number of likely N-dealkylation sites (N-methyl/N-ethyl adjacent to an activating group) is 2. The Morgan fingerprint density at radius 1 is 0.824 bits per heavy atom. The number of hydrogen-bond donors (Lipinski definition) is 0. The molecule has 0 aliphatic rings. The van der Waals surface area contributed by atoms with Crippen molar-refractivity contribution in [3.63, 3.8) is 0 Å². The Balaban J connectivity index is 2.26. The van der Waals surface area contributed by atoms with Gasteiger partial charge in [-0.15, -0.1) is 21.6 Å². The highest BCUT2D eigenvalue weighted by Gasteiger charge is 2.15. The number of aryl methyl sites for hydroxylation is 1. The first kappa shape index (κ1) is 27.5. The molecule has 0 amide bonds. The van der Waals surface area contributed by atoms with Crippen molar-refractivity contribution in [3.05, 3.63) is 39.8 Å². The Hall–Kier alpha value is -2.78. The molecule has 0 fully saturated rings. The minimum absolute atomic E-state index is 0.429. The van der Waals surface area contributed by atoms with E-state index in [4.69, 9.17) is 0 Å². The molecule has 1 aromatic carbocycles. The van der Waals surface area contributed by atoms with Crippen molar-refractivity contribution in [1.82, 2.24) is 9.80 Å². The van der Waals surface area contributed by atoms with E-state index in [0.29, 0.717) is 21.0 Å². The average Bonchev–Trinajstić information content (AvgIpc) is 3.17. The van der Waals surface area contributed by atoms with Crippen molar-refractivity contribution >= 4 is 27.7 Å². The Morgan fingerprint density at radius 3 is 1.88 bits per heavy atom. The van der Waals surface area contributed by atoms with Gasteiger partial charge in [-0.1, -0.05) is 27.7 Å². The second-order valence-electron chi connectivity index (χ2n) is 8.17. The van der Waals surface area contributed by atoms with Gasteiger partial charge in [0.2, 0.25) is 0 Å². The van der Waals surface area contributed by atoms with Crippen molar-refractivity contribution in [1.29, 1.82) is 10.5 Å². The van der Waals surface area contributed by atoms with Gasteiger partial charge in [0.05, 0.1) is 11.3 Å². The molecule has 1 heterocycles. The van der Waals surface area contributed by atoms with E-state index in [1.807, 2.05) is 13.0 Å². The number of thiophene rings is 1. The van der Waals surface area contributed by atoms with E-state index in [0.717, 1.165) is 63.6 Å². The number of nitriles is 2. The smallest absolute Gasteiger partial charge is 0.158 e. The van der Waals surface area contributed by atoms with Gasteiger partial charge >= 0.3 is 0 Å². The third-order valence-electron chi connectivity index (χ3n) is 6.30. The molecule has 2 rings (SSSR count). The third-order valence-corrected chi connectivity index (χ3v) is 7.38. The predicted molar refractivity (Wildman–Crippen MR) is 142 cm³/mol. The summed E-state index contributed by atoms with van der Waals surface area (Å²) in [6.45, 7) is 20.9. The van der Waals surface area contributed by atoms with Gasteiger partial charge in [0, 0.05) is 31.9 Å². The maximum Gasteiger partial charge on any atom is 0.158 e. The molecular formula is C26H37N7S. The first-order valence-electron chi connectivity index (χ1n) is 12.1. The van der Waals surface area contributed by atoms with Crippen molar-refractivity contribution in [2.24, 2.45) is 10.2 Å². The van der Waals surface area contributed by atoms with Crippen LogP contribution in [0.1, 0.15) is 49.3 Å². The molecule has 1 aromatic heterocycles. The lowest BCUT2D eigenvalue weighted by Gasteiger charge is -2.30. The fraction of sp³-hybridized carbons (Fsp3) is 0.538. The van der Waals surface area contributed by atoms with Gasteiger partial charge in [0.15, 0.2) is 5.00 Å². The van der Waals surface area contributed by atoms with Crippen LogP contribution in [0.25, 0.3) is 0 Å². The van der Waals surface area contributed by atoms with Crippen molar-refractivity contribution in [3.8, 4) is 12.1 Å². The standard InChI is InChI=1S/C26H37N7S/c1-7-31(8-2)13-15-33(16-14-32(9-3)10-4)22-11-12-24(20(5)17-22)29-30-26-23(18-27)21(6)25(19-28)34-26/h11-12,17H,7-10,13-16H2,1-6H3. The van der Waals surface area contributed by atoms with Crippen LogP contribution in [0, 0.1) is 36.5 Å². The van der Waals surface area contributed by atoms with E-state index >= 15 is 0 Å². The summed E-state index contributed by atoms with van der Waals surface area (Å²) in [7, 11) is 0. The lowest BCUT2D eigenvalue weighted by atomic mass is 10.1. The molecule has 2 aromatic rings. The number of anilines is 1. The normalized spacial score (nSPS) is 11.4. The van der Waals surface area contributed by atoms with E-state index in [2.05, 4.69) is 76.9 Å². The molecule has 0 spiro atoms. The average molecular weight is 480 g/mol. The maximum atomic E-state index is 9.44. The number of rotatable bonds is 13. The van der Waals surface area contributed by atoms with E-state index in [-0.39, 0.29) is 0 Å². The highest BCUT2D eigenvalue weighted by Crippen LogP contribution is 2.36. The van der Waals surface area contributed by atoms with E-state index < -0.39 is 0 Å². The SMILES string of the molecule is CCN(CC)CCN(CCN(CC)CC)c1ccc(N=Nc2sc(C#N)c(C)c2C#N)c(C)c1.